The van der Waals surface area contributed by atoms with E-state index in [0.717, 1.165) is 0 Å². The Balaban J connectivity index is 2.72. The third-order valence-corrected chi connectivity index (χ3v) is 4.45. The van der Waals surface area contributed by atoms with Crippen LogP contribution in [0.15, 0.2) is 18.2 Å². The predicted molar refractivity (Wildman–Crippen MR) is 69.8 cm³/mol. The smallest absolute Gasteiger partial charge is 0.207 e. The lowest BCUT2D eigenvalue weighted by molar-refractivity contribution is 0.434. The molecule has 0 heterocycles. The van der Waals surface area contributed by atoms with Gasteiger partial charge in [0.1, 0.15) is 5.82 Å². The van der Waals surface area contributed by atoms with Gasteiger partial charge in [0.25, 0.3) is 10.2 Å². The highest BCUT2D eigenvalue weighted by Crippen LogP contribution is 2.09. The Hall–Kier alpha value is -0.980. The van der Waals surface area contributed by atoms with Gasteiger partial charge in [-0.2, -0.15) is 17.4 Å². The molecule has 0 bridgehead atoms. The Morgan fingerprint density at radius 2 is 1.89 bits per heavy atom. The first-order valence-corrected chi connectivity index (χ1v) is 7.34. The highest BCUT2D eigenvalue weighted by Gasteiger charge is 2.17. The van der Waals surface area contributed by atoms with Gasteiger partial charge in [-0.1, -0.05) is 26.0 Å². The van der Waals surface area contributed by atoms with Gasteiger partial charge in [-0.05, 0) is 24.1 Å². The second-order valence-corrected chi connectivity index (χ2v) is 5.75. The average molecular weight is 274 g/mol. The van der Waals surface area contributed by atoms with Gasteiger partial charge in [0, 0.05) is 19.6 Å². The van der Waals surface area contributed by atoms with Crippen molar-refractivity contribution < 1.29 is 12.8 Å². The molecule has 0 aliphatic heterocycles. The van der Waals surface area contributed by atoms with Crippen LogP contribution < -0.4 is 4.72 Å². The number of halogens is 1. The number of aryl methyl sites for hydroxylation is 1. The van der Waals surface area contributed by atoms with Crippen LogP contribution in [0.3, 0.4) is 0 Å². The van der Waals surface area contributed by atoms with Crippen molar-refractivity contribution in [2.45, 2.75) is 27.3 Å². The largest absolute Gasteiger partial charge is 0.279 e. The topological polar surface area (TPSA) is 49.4 Å². The Kier molecular flexibility index (Phi) is 5.25. The molecule has 4 nitrogen and oxygen atoms in total. The fourth-order valence-electron chi connectivity index (χ4n) is 1.58. The molecule has 0 amide bonds. The number of nitrogens with zero attached hydrogens (tertiary/aromatic N) is 1. The molecular weight excluding hydrogens is 255 g/mol. The average Bonchev–Trinajstić information content (AvgIpc) is 2.32. The van der Waals surface area contributed by atoms with Gasteiger partial charge in [-0.25, -0.2) is 4.39 Å². The standard InChI is InChI=1S/C12H19FN2O2S/c1-4-15(5-2)18(16,17)14-9-11-7-6-10(3)12(13)8-11/h6-8,14H,4-5,9H2,1-3H3. The second kappa shape index (κ2) is 6.26. The van der Waals surface area contributed by atoms with Crippen LogP contribution in [0.2, 0.25) is 0 Å². The number of hydrogen-bond acceptors (Lipinski definition) is 2. The molecule has 1 rings (SSSR count). The zero-order chi connectivity index (χ0) is 13.8. The number of rotatable bonds is 6. The summed E-state index contributed by atoms with van der Waals surface area (Å²) in [5.74, 6) is -0.325. The number of benzene rings is 1. The van der Waals surface area contributed by atoms with Crippen LogP contribution in [0.25, 0.3) is 0 Å². The van der Waals surface area contributed by atoms with Crippen LogP contribution in [0, 0.1) is 12.7 Å². The van der Waals surface area contributed by atoms with E-state index < -0.39 is 10.2 Å². The zero-order valence-electron chi connectivity index (χ0n) is 10.9. The van der Waals surface area contributed by atoms with Crippen LogP contribution in [0.4, 0.5) is 4.39 Å². The maximum atomic E-state index is 13.3. The summed E-state index contributed by atoms with van der Waals surface area (Å²) in [4.78, 5) is 0. The first kappa shape index (κ1) is 15.1. The van der Waals surface area contributed by atoms with Crippen molar-refractivity contribution in [1.29, 1.82) is 0 Å². The second-order valence-electron chi connectivity index (χ2n) is 3.99. The molecule has 1 aromatic carbocycles. The fraction of sp³-hybridized carbons (Fsp3) is 0.500. The molecule has 0 aliphatic rings. The molecule has 0 radical (unpaired) electrons. The molecule has 0 fully saturated rings. The quantitative estimate of drug-likeness (QED) is 0.860. The molecule has 1 N–H and O–H groups in total. The van der Waals surface area contributed by atoms with Gasteiger partial charge < -0.3 is 0 Å². The van der Waals surface area contributed by atoms with E-state index >= 15 is 0 Å². The Labute approximate surface area is 108 Å². The molecule has 0 aliphatic carbocycles. The van der Waals surface area contributed by atoms with Crippen molar-refractivity contribution in [2.24, 2.45) is 0 Å². The lowest BCUT2D eigenvalue weighted by Crippen LogP contribution is -2.40. The molecule has 0 atom stereocenters. The number of hydrogen-bond donors (Lipinski definition) is 1. The van der Waals surface area contributed by atoms with E-state index in [2.05, 4.69) is 4.72 Å². The van der Waals surface area contributed by atoms with Crippen LogP contribution in [0.5, 0.6) is 0 Å². The van der Waals surface area contributed by atoms with Crippen molar-refractivity contribution in [3.63, 3.8) is 0 Å². The maximum absolute atomic E-state index is 13.3. The van der Waals surface area contributed by atoms with Crippen LogP contribution in [-0.4, -0.2) is 25.8 Å². The molecule has 18 heavy (non-hydrogen) atoms. The molecule has 102 valence electrons. The normalized spacial score (nSPS) is 12.1. The third-order valence-electron chi connectivity index (χ3n) is 2.74. The minimum absolute atomic E-state index is 0.0933. The summed E-state index contributed by atoms with van der Waals surface area (Å²) in [7, 11) is -3.48. The summed E-state index contributed by atoms with van der Waals surface area (Å²) in [5, 5.41) is 0. The third kappa shape index (κ3) is 3.76. The van der Waals surface area contributed by atoms with E-state index in [0.29, 0.717) is 24.2 Å². The van der Waals surface area contributed by atoms with Crippen molar-refractivity contribution in [2.75, 3.05) is 13.1 Å². The van der Waals surface area contributed by atoms with E-state index in [-0.39, 0.29) is 12.4 Å². The first-order valence-electron chi connectivity index (χ1n) is 5.90. The summed E-state index contributed by atoms with van der Waals surface area (Å²) >= 11 is 0. The van der Waals surface area contributed by atoms with E-state index in [1.54, 1.807) is 32.9 Å². The zero-order valence-corrected chi connectivity index (χ0v) is 11.7. The first-order chi connectivity index (χ1) is 8.40. The van der Waals surface area contributed by atoms with Crippen LogP contribution in [-0.2, 0) is 16.8 Å². The monoisotopic (exact) mass is 274 g/mol. The van der Waals surface area contributed by atoms with Gasteiger partial charge in [0.15, 0.2) is 0 Å². The minimum atomic E-state index is -3.48. The van der Waals surface area contributed by atoms with Crippen molar-refractivity contribution in [1.82, 2.24) is 9.03 Å². The Morgan fingerprint density at radius 3 is 2.39 bits per heavy atom. The van der Waals surface area contributed by atoms with Crippen molar-refractivity contribution >= 4 is 10.2 Å². The molecule has 0 spiro atoms. The van der Waals surface area contributed by atoms with E-state index in [1.165, 1.54) is 10.4 Å². The summed E-state index contributed by atoms with van der Waals surface area (Å²) < 4.78 is 40.8. The highest BCUT2D eigenvalue weighted by molar-refractivity contribution is 7.87. The molecular formula is C12H19FN2O2S. The predicted octanol–water partition coefficient (Wildman–Crippen LogP) is 1.81. The van der Waals surface area contributed by atoms with E-state index in [4.69, 9.17) is 0 Å². The van der Waals surface area contributed by atoms with Gasteiger partial charge in [-0.3, -0.25) is 0 Å². The maximum Gasteiger partial charge on any atom is 0.279 e. The van der Waals surface area contributed by atoms with Crippen molar-refractivity contribution in [3.05, 3.63) is 35.1 Å². The summed E-state index contributed by atoms with van der Waals surface area (Å²) in [6.07, 6.45) is 0. The summed E-state index contributed by atoms with van der Waals surface area (Å²) in [5.41, 5.74) is 1.15. The summed E-state index contributed by atoms with van der Waals surface area (Å²) in [6, 6.07) is 4.69. The number of nitrogens with one attached hydrogen (secondary N) is 1. The van der Waals surface area contributed by atoms with Gasteiger partial charge in [0.2, 0.25) is 0 Å². The molecule has 0 aromatic heterocycles. The fourth-order valence-corrected chi connectivity index (χ4v) is 2.79. The molecule has 0 saturated carbocycles. The molecule has 0 unspecified atom stereocenters. The minimum Gasteiger partial charge on any atom is -0.207 e. The highest BCUT2D eigenvalue weighted by atomic mass is 32.2. The van der Waals surface area contributed by atoms with Crippen molar-refractivity contribution in [3.8, 4) is 0 Å². The SMILES string of the molecule is CCN(CC)S(=O)(=O)NCc1ccc(C)c(F)c1. The Bertz CT molecular complexity index is 499. The molecule has 6 heteroatoms. The lowest BCUT2D eigenvalue weighted by Gasteiger charge is -2.18. The van der Waals surface area contributed by atoms with Crippen LogP contribution in [0.1, 0.15) is 25.0 Å². The molecule has 1 aromatic rings. The lowest BCUT2D eigenvalue weighted by atomic mass is 10.1. The molecule has 0 saturated heterocycles. The summed E-state index contributed by atoms with van der Waals surface area (Å²) in [6.45, 7) is 6.12. The van der Waals surface area contributed by atoms with E-state index in [1.807, 2.05) is 0 Å². The van der Waals surface area contributed by atoms with Gasteiger partial charge in [-0.15, -0.1) is 0 Å². The van der Waals surface area contributed by atoms with E-state index in [9.17, 15) is 12.8 Å². The van der Waals surface area contributed by atoms with Crippen LogP contribution >= 0.6 is 0 Å². The Morgan fingerprint density at radius 1 is 1.28 bits per heavy atom. The van der Waals surface area contributed by atoms with Gasteiger partial charge in [0.05, 0.1) is 0 Å². The van der Waals surface area contributed by atoms with Gasteiger partial charge >= 0.3 is 0 Å².